The molecular weight excluding hydrogens is 875 g/mol. The number of carboxylic acid groups (broad SMARTS) is 2. The summed E-state index contributed by atoms with van der Waals surface area (Å²) in [7, 11) is 0. The van der Waals surface area contributed by atoms with Crippen LogP contribution in [0.5, 0.6) is 11.5 Å². The zero-order chi connectivity index (χ0) is 46.8. The van der Waals surface area contributed by atoms with Crippen molar-refractivity contribution in [2.45, 2.75) is 213 Å². The fourth-order valence-corrected chi connectivity index (χ4v) is 8.77. The molecule has 0 saturated carbocycles. The van der Waals surface area contributed by atoms with Crippen molar-refractivity contribution >= 4 is 58.7 Å². The van der Waals surface area contributed by atoms with E-state index in [1.54, 1.807) is 24.3 Å². The van der Waals surface area contributed by atoms with Crippen molar-refractivity contribution in [1.82, 2.24) is 0 Å². The Labute approximate surface area is 400 Å². The van der Waals surface area contributed by atoms with Crippen LogP contribution in [0.25, 0.3) is 0 Å². The number of benzene rings is 2. The summed E-state index contributed by atoms with van der Waals surface area (Å²) in [6.45, 7) is 4.02. The molecule has 0 saturated heterocycles. The van der Waals surface area contributed by atoms with Gasteiger partial charge in [0.05, 0.1) is 17.5 Å². The summed E-state index contributed by atoms with van der Waals surface area (Å²) in [5.74, 6) is -5.79. The Morgan fingerprint density at radius 3 is 1.39 bits per heavy atom. The zero-order valence-electron chi connectivity index (χ0n) is 39.0. The third-order valence-electron chi connectivity index (χ3n) is 11.9. The maximum absolute atomic E-state index is 13.7. The molecule has 0 aliphatic heterocycles. The Kier molecular flexibility index (Phi) is 32.3. The molecule has 0 bridgehead atoms. The monoisotopic (exact) mass is 952 g/mol. The summed E-state index contributed by atoms with van der Waals surface area (Å²) in [4.78, 5) is 51.7. The van der Waals surface area contributed by atoms with Gasteiger partial charge >= 0.3 is 23.9 Å². The predicted molar refractivity (Wildman–Crippen MR) is 260 cm³/mol. The molecule has 0 amide bonds. The first-order chi connectivity index (χ1) is 31.0. The highest BCUT2D eigenvalue weighted by molar-refractivity contribution is 6.35. The van der Waals surface area contributed by atoms with Gasteiger partial charge in [-0.2, -0.15) is 0 Å². The lowest BCUT2D eigenvalue weighted by atomic mass is 9.81. The van der Waals surface area contributed by atoms with E-state index in [4.69, 9.17) is 49.0 Å². The van der Waals surface area contributed by atoms with Gasteiger partial charge in [-0.15, -0.1) is 0 Å². The summed E-state index contributed by atoms with van der Waals surface area (Å²) in [6.07, 6.45) is 28.0. The molecule has 2 aromatic carbocycles. The minimum atomic E-state index is -1.39. The highest BCUT2D eigenvalue weighted by atomic mass is 35.5. The summed E-state index contributed by atoms with van der Waals surface area (Å²) >= 11 is 19.2. The molecule has 3 unspecified atom stereocenters. The molecule has 0 aliphatic rings. The molecule has 2 aromatic rings. The van der Waals surface area contributed by atoms with Crippen LogP contribution in [0.4, 0.5) is 0 Å². The lowest BCUT2D eigenvalue weighted by Crippen LogP contribution is -2.35. The van der Waals surface area contributed by atoms with E-state index in [9.17, 15) is 29.4 Å². The Morgan fingerprint density at radius 1 is 0.531 bits per heavy atom. The first kappa shape index (κ1) is 57.1. The van der Waals surface area contributed by atoms with E-state index in [0.717, 1.165) is 44.9 Å². The lowest BCUT2D eigenvalue weighted by Gasteiger charge is -2.32. The average molecular weight is 955 g/mol. The fraction of sp³-hybridized carbons (Fsp3) is 0.692. The van der Waals surface area contributed by atoms with E-state index in [-0.39, 0.29) is 46.4 Å². The minimum Gasteiger partial charge on any atom is -0.481 e. The van der Waals surface area contributed by atoms with Gasteiger partial charge in [-0.1, -0.05) is 203 Å². The van der Waals surface area contributed by atoms with Gasteiger partial charge < -0.3 is 24.4 Å². The first-order valence-electron chi connectivity index (χ1n) is 24.7. The van der Waals surface area contributed by atoms with Crippen LogP contribution in [-0.2, 0) is 28.7 Å². The molecular formula is C52H79Cl3O9. The molecule has 0 aliphatic carbocycles. The third kappa shape index (κ3) is 26.2. The van der Waals surface area contributed by atoms with E-state index >= 15 is 0 Å². The third-order valence-corrected chi connectivity index (χ3v) is 12.7. The van der Waals surface area contributed by atoms with Crippen LogP contribution in [-0.4, -0.2) is 40.7 Å². The van der Waals surface area contributed by atoms with Gasteiger partial charge in [0, 0.05) is 40.8 Å². The maximum atomic E-state index is 13.7. The summed E-state index contributed by atoms with van der Waals surface area (Å²) < 4.78 is 18.2. The van der Waals surface area contributed by atoms with Crippen LogP contribution in [0.1, 0.15) is 218 Å². The zero-order valence-corrected chi connectivity index (χ0v) is 41.3. The van der Waals surface area contributed by atoms with Crippen LogP contribution in [0.3, 0.4) is 0 Å². The number of hydrogen-bond donors (Lipinski definition) is 2. The fourth-order valence-electron chi connectivity index (χ4n) is 8.14. The molecule has 362 valence electrons. The van der Waals surface area contributed by atoms with E-state index in [0.29, 0.717) is 17.9 Å². The van der Waals surface area contributed by atoms with Crippen molar-refractivity contribution in [3.8, 4) is 11.5 Å². The first-order valence-corrected chi connectivity index (χ1v) is 25.8. The van der Waals surface area contributed by atoms with E-state index < -0.39 is 54.8 Å². The molecule has 3 atom stereocenters. The largest absolute Gasteiger partial charge is 0.481 e. The molecule has 2 rings (SSSR count). The summed E-state index contributed by atoms with van der Waals surface area (Å²) in [5.41, 5.74) is 0.219. The number of carboxylic acids is 2. The van der Waals surface area contributed by atoms with Gasteiger partial charge in [0.25, 0.3) is 0 Å². The maximum Gasteiger partial charge on any atom is 0.307 e. The van der Waals surface area contributed by atoms with Crippen molar-refractivity contribution in [2.75, 3.05) is 6.61 Å². The van der Waals surface area contributed by atoms with Gasteiger partial charge in [0.2, 0.25) is 0 Å². The normalized spacial score (nSPS) is 12.7. The van der Waals surface area contributed by atoms with Gasteiger partial charge in [0.1, 0.15) is 17.6 Å². The van der Waals surface area contributed by atoms with Crippen molar-refractivity contribution in [3.05, 3.63) is 57.0 Å². The van der Waals surface area contributed by atoms with Crippen molar-refractivity contribution in [2.24, 2.45) is 11.8 Å². The molecule has 64 heavy (non-hydrogen) atoms. The summed E-state index contributed by atoms with van der Waals surface area (Å²) in [5, 5.41) is 21.0. The van der Waals surface area contributed by atoms with Gasteiger partial charge in [-0.3, -0.25) is 19.2 Å². The second-order valence-corrected chi connectivity index (χ2v) is 18.8. The Hall–Kier alpha value is -3.01. The van der Waals surface area contributed by atoms with Crippen LogP contribution in [0, 0.1) is 11.8 Å². The molecule has 0 fully saturated rings. The standard InChI is InChI=1S/C52H79Cl3O9/c1-3-5-7-9-11-13-15-17-19-21-23-25-27-29-49(58)62-39-44(42(52(60)61)33-36-48(56)57)51(43-37-40(53)31-34-46(43)63-47-35-32-41(54)38-45(47)55)64-50(59)30-28-26-24-22-20-18-16-14-12-10-8-6-4-2/h31-32,34-35,37-38,42,44,51H,3-30,33,36,39H2,1-2H3,(H,56,57)(H,60,61). The number of rotatable bonds is 40. The Bertz CT molecular complexity index is 1600. The molecule has 0 spiro atoms. The number of carbonyl (C=O) groups excluding carboxylic acids is 2. The van der Waals surface area contributed by atoms with Crippen molar-refractivity contribution in [3.63, 3.8) is 0 Å². The molecule has 0 radical (unpaired) electrons. The number of unbranched alkanes of at least 4 members (excludes halogenated alkanes) is 24. The molecule has 2 N–H and O–H groups in total. The number of hydrogen-bond acceptors (Lipinski definition) is 7. The second kappa shape index (κ2) is 36.2. The lowest BCUT2D eigenvalue weighted by molar-refractivity contribution is -0.165. The van der Waals surface area contributed by atoms with Crippen molar-refractivity contribution < 1.29 is 43.6 Å². The molecule has 0 heterocycles. The van der Waals surface area contributed by atoms with Crippen LogP contribution < -0.4 is 4.74 Å². The quantitative estimate of drug-likeness (QED) is 0.0494. The Morgan fingerprint density at radius 2 is 0.953 bits per heavy atom. The highest BCUT2D eigenvalue weighted by Gasteiger charge is 2.40. The van der Waals surface area contributed by atoms with Crippen LogP contribution >= 0.6 is 34.8 Å². The molecule has 9 nitrogen and oxygen atoms in total. The van der Waals surface area contributed by atoms with Crippen molar-refractivity contribution in [1.29, 1.82) is 0 Å². The number of aliphatic carboxylic acids is 2. The van der Waals surface area contributed by atoms with E-state index in [2.05, 4.69) is 13.8 Å². The predicted octanol–water partition coefficient (Wildman–Crippen LogP) is 16.7. The SMILES string of the molecule is CCCCCCCCCCCCCCCC(=O)OCC(C(CCC(=O)O)C(=O)O)C(OC(=O)CCCCCCCCCCCCCCC)c1cc(Cl)ccc1Oc1ccc(Cl)cc1Cl. The van der Waals surface area contributed by atoms with Gasteiger partial charge in [-0.05, 0) is 55.7 Å². The Balaban J connectivity index is 2.19. The summed E-state index contributed by atoms with van der Waals surface area (Å²) in [6, 6.07) is 9.31. The van der Waals surface area contributed by atoms with Crippen LogP contribution in [0.2, 0.25) is 15.1 Å². The van der Waals surface area contributed by atoms with Gasteiger partial charge in [0.15, 0.2) is 0 Å². The number of halogens is 3. The molecule has 0 aromatic heterocycles. The topological polar surface area (TPSA) is 136 Å². The number of esters is 2. The minimum absolute atomic E-state index is 0.0758. The van der Waals surface area contributed by atoms with E-state index in [1.807, 2.05) is 0 Å². The molecule has 12 heteroatoms. The average Bonchev–Trinajstić information content (AvgIpc) is 3.25. The highest BCUT2D eigenvalue weighted by Crippen LogP contribution is 2.43. The number of carbonyl (C=O) groups is 4. The van der Waals surface area contributed by atoms with Crippen LogP contribution in [0.15, 0.2) is 36.4 Å². The number of ether oxygens (including phenoxy) is 3. The van der Waals surface area contributed by atoms with Gasteiger partial charge in [-0.25, -0.2) is 0 Å². The smallest absolute Gasteiger partial charge is 0.307 e. The van der Waals surface area contributed by atoms with E-state index in [1.165, 1.54) is 121 Å². The second-order valence-electron chi connectivity index (χ2n) is 17.5.